The first-order chi connectivity index (χ1) is 26.6. The number of aromatic nitrogens is 3. The lowest BCUT2D eigenvalue weighted by Gasteiger charge is -2.51. The van der Waals surface area contributed by atoms with Crippen molar-refractivity contribution in [2.24, 2.45) is 21.4 Å². The van der Waals surface area contributed by atoms with Crippen LogP contribution in [0.15, 0.2) is 40.4 Å². The number of phenolic OH excluding ortho intramolecular Hbond substituents is 1. The molecule has 0 bridgehead atoms. The van der Waals surface area contributed by atoms with Gasteiger partial charge in [-0.25, -0.2) is 13.8 Å². The van der Waals surface area contributed by atoms with Crippen LogP contribution in [0.4, 0.5) is 14.6 Å². The minimum atomic E-state index is -0.840. The molecule has 8 rings (SSSR count). The number of nitrogens with two attached hydrogens (primary N) is 1. The highest BCUT2D eigenvalue weighted by atomic mass is 35.5. The van der Waals surface area contributed by atoms with Crippen molar-refractivity contribution in [1.82, 2.24) is 19.9 Å². The molecule has 0 spiro atoms. The second-order valence-electron chi connectivity index (χ2n) is 15.5. The summed E-state index contributed by atoms with van der Waals surface area (Å²) in [6.07, 6.45) is 8.32. The summed E-state index contributed by atoms with van der Waals surface area (Å²) in [5.74, 6) is 4.27. The minimum Gasteiger partial charge on any atom is -0.508 e. The Hall–Kier alpha value is -4.40. The molecule has 2 saturated heterocycles. The van der Waals surface area contributed by atoms with Crippen LogP contribution in [0.5, 0.6) is 17.6 Å². The Labute approximate surface area is 323 Å². The molecule has 4 atom stereocenters. The van der Waals surface area contributed by atoms with E-state index in [4.69, 9.17) is 41.6 Å². The molecule has 0 amide bonds. The number of aromatic hydroxyl groups is 1. The molecule has 15 heteroatoms. The third-order valence-electron chi connectivity index (χ3n) is 11.9. The van der Waals surface area contributed by atoms with Crippen molar-refractivity contribution in [3.63, 3.8) is 0 Å². The zero-order valence-corrected chi connectivity index (χ0v) is 32.2. The summed E-state index contributed by atoms with van der Waals surface area (Å²) < 4.78 is 51.3. The number of benzene rings is 2. The van der Waals surface area contributed by atoms with Crippen molar-refractivity contribution in [3.8, 4) is 28.9 Å². The quantitative estimate of drug-likeness (QED) is 0.109. The van der Waals surface area contributed by atoms with Gasteiger partial charge in [-0.3, -0.25) is 9.89 Å². The molecule has 1 saturated carbocycles. The molecule has 1 aliphatic carbocycles. The van der Waals surface area contributed by atoms with Gasteiger partial charge in [-0.2, -0.15) is 15.1 Å². The fourth-order valence-electron chi connectivity index (χ4n) is 9.67. The fraction of sp³-hybridized carbons (Fsp3) is 0.525. The van der Waals surface area contributed by atoms with E-state index in [-0.39, 0.29) is 74.5 Å². The van der Waals surface area contributed by atoms with Crippen LogP contribution in [0.1, 0.15) is 65.2 Å². The predicted octanol–water partition coefficient (Wildman–Crippen LogP) is 6.97. The molecule has 4 unspecified atom stereocenters. The average molecular weight is 777 g/mol. The molecule has 12 nitrogen and oxygen atoms in total. The van der Waals surface area contributed by atoms with Gasteiger partial charge in [-0.1, -0.05) is 30.2 Å². The number of aliphatic imine (C=N–C) groups is 1. The van der Waals surface area contributed by atoms with E-state index < -0.39 is 11.6 Å². The number of fused-ring (bicyclic) bond motifs is 3. The maximum Gasteiger partial charge on any atom is 0.319 e. The van der Waals surface area contributed by atoms with Gasteiger partial charge in [0.25, 0.3) is 0 Å². The van der Waals surface area contributed by atoms with E-state index in [1.807, 2.05) is 4.90 Å². The monoisotopic (exact) mass is 776 g/mol. The Bertz CT molecular complexity index is 2160. The third kappa shape index (κ3) is 7.01. The standard InChI is InChI=1S/C40H47ClF2N8O4/c1-22-16-25(17-23(2)55-22)51-15-6-12-40(11-5-10-30(40)51)21-54-39-47-35-32(37(48-39)50-14-7-13-45-29(20-50)36(41)49-44)38(53-3)46-34(33(35)43)27-19-26(52)18-24-8-4-9-28(42)31(24)27/h4,8-9,18-19,22-23,25,30,52H,5-7,10-17,20-21,44H2,1-3H3/b49-36+. The summed E-state index contributed by atoms with van der Waals surface area (Å²) in [7, 11) is 1.42. The van der Waals surface area contributed by atoms with Crippen LogP contribution >= 0.6 is 11.6 Å². The Balaban J connectivity index is 1.24. The summed E-state index contributed by atoms with van der Waals surface area (Å²) in [6.45, 7) is 6.86. The minimum absolute atomic E-state index is 0.000616. The first-order valence-electron chi connectivity index (χ1n) is 19.2. The normalized spacial score (nSPS) is 26.5. The number of phenols is 1. The van der Waals surface area contributed by atoms with Crippen LogP contribution in [0.3, 0.4) is 0 Å². The largest absolute Gasteiger partial charge is 0.508 e. The second kappa shape index (κ2) is 15.3. The van der Waals surface area contributed by atoms with E-state index in [9.17, 15) is 5.11 Å². The Morgan fingerprint density at radius 1 is 1.07 bits per heavy atom. The molecule has 3 fully saturated rings. The van der Waals surface area contributed by atoms with Crippen LogP contribution in [0.2, 0.25) is 0 Å². The van der Waals surface area contributed by atoms with Crippen molar-refractivity contribution in [3.05, 3.63) is 42.0 Å². The molecule has 4 aromatic rings. The van der Waals surface area contributed by atoms with Gasteiger partial charge >= 0.3 is 6.01 Å². The number of methoxy groups -OCH3 is 1. The van der Waals surface area contributed by atoms with Crippen LogP contribution in [0.25, 0.3) is 32.9 Å². The molecular weight excluding hydrogens is 730 g/mol. The Morgan fingerprint density at radius 3 is 2.65 bits per heavy atom. The molecular formula is C40H47ClF2N8O4. The number of anilines is 1. The Kier molecular flexibility index (Phi) is 10.4. The SMILES string of the molecule is COc1nc(-c2cc(O)cc3cccc(F)c23)c(F)c2nc(OCC34CCCC3N(C3CC(C)OC(C)C3)CCC4)nc(N3CCCN=C(/C(Cl)=N\N)C3)c12. The number of hydrogen-bond donors (Lipinski definition) is 2. The number of rotatable bonds is 8. The molecule has 4 aliphatic rings. The number of piperidine rings is 1. The second-order valence-corrected chi connectivity index (χ2v) is 15.8. The van der Waals surface area contributed by atoms with Gasteiger partial charge in [-0.05, 0) is 88.9 Å². The summed E-state index contributed by atoms with van der Waals surface area (Å²) >= 11 is 6.39. The highest BCUT2D eigenvalue weighted by molar-refractivity contribution is 6.84. The van der Waals surface area contributed by atoms with E-state index in [2.05, 4.69) is 33.8 Å². The van der Waals surface area contributed by atoms with E-state index >= 15 is 8.78 Å². The van der Waals surface area contributed by atoms with Crippen molar-refractivity contribution in [2.45, 2.75) is 89.5 Å². The number of pyridine rings is 1. The summed E-state index contributed by atoms with van der Waals surface area (Å²) in [5.41, 5.74) is 0.0300. The fourth-order valence-corrected chi connectivity index (χ4v) is 9.79. The molecule has 2 aromatic carbocycles. The van der Waals surface area contributed by atoms with Gasteiger partial charge in [0, 0.05) is 41.5 Å². The topological polar surface area (TPSA) is 144 Å². The molecule has 5 heterocycles. The number of likely N-dealkylation sites (tertiary alicyclic amines) is 1. The van der Waals surface area contributed by atoms with Crippen molar-refractivity contribution < 1.29 is 28.1 Å². The lowest BCUT2D eigenvalue weighted by atomic mass is 9.74. The van der Waals surface area contributed by atoms with Crippen LogP contribution in [0, 0.1) is 17.0 Å². The number of hydrogen-bond acceptors (Lipinski definition) is 12. The molecule has 3 N–H and O–H groups in total. The van der Waals surface area contributed by atoms with Gasteiger partial charge in [0.1, 0.15) is 34.0 Å². The molecule has 3 aliphatic heterocycles. The van der Waals surface area contributed by atoms with Crippen LogP contribution in [-0.2, 0) is 4.74 Å². The Morgan fingerprint density at radius 2 is 1.87 bits per heavy atom. The molecule has 0 radical (unpaired) electrons. The predicted molar refractivity (Wildman–Crippen MR) is 210 cm³/mol. The lowest BCUT2D eigenvalue weighted by molar-refractivity contribution is -0.0967. The molecule has 292 valence electrons. The van der Waals surface area contributed by atoms with Crippen LogP contribution < -0.4 is 20.2 Å². The van der Waals surface area contributed by atoms with Gasteiger partial charge in [0.15, 0.2) is 11.0 Å². The zero-order chi connectivity index (χ0) is 38.4. The van der Waals surface area contributed by atoms with Gasteiger partial charge < -0.3 is 30.1 Å². The van der Waals surface area contributed by atoms with Crippen molar-refractivity contribution in [1.29, 1.82) is 0 Å². The average Bonchev–Trinajstić information content (AvgIpc) is 3.45. The third-order valence-corrected chi connectivity index (χ3v) is 12.2. The number of halogens is 3. The van der Waals surface area contributed by atoms with Crippen molar-refractivity contribution in [2.75, 3.05) is 44.8 Å². The lowest BCUT2D eigenvalue weighted by Crippen LogP contribution is -2.57. The van der Waals surface area contributed by atoms with Gasteiger partial charge in [0.2, 0.25) is 5.88 Å². The first-order valence-corrected chi connectivity index (χ1v) is 19.6. The smallest absolute Gasteiger partial charge is 0.319 e. The van der Waals surface area contributed by atoms with Gasteiger partial charge in [-0.15, -0.1) is 0 Å². The zero-order valence-electron chi connectivity index (χ0n) is 31.4. The highest BCUT2D eigenvalue weighted by Crippen LogP contribution is 2.50. The van der Waals surface area contributed by atoms with E-state index in [0.29, 0.717) is 55.1 Å². The van der Waals surface area contributed by atoms with Gasteiger partial charge in [0.05, 0.1) is 38.2 Å². The molecule has 55 heavy (non-hydrogen) atoms. The highest BCUT2D eigenvalue weighted by Gasteiger charge is 2.50. The summed E-state index contributed by atoms with van der Waals surface area (Å²) in [6, 6.07) is 7.95. The maximum atomic E-state index is 17.3. The van der Waals surface area contributed by atoms with E-state index in [0.717, 1.165) is 51.5 Å². The van der Waals surface area contributed by atoms with Crippen molar-refractivity contribution >= 4 is 50.0 Å². The number of nitrogens with zero attached hydrogens (tertiary/aromatic N) is 7. The summed E-state index contributed by atoms with van der Waals surface area (Å²) in [5, 5.41) is 15.1. The summed E-state index contributed by atoms with van der Waals surface area (Å²) in [4.78, 5) is 23.5. The van der Waals surface area contributed by atoms with Crippen LogP contribution in [-0.4, -0.2) is 100 Å². The molecule has 2 aromatic heterocycles. The van der Waals surface area contributed by atoms with E-state index in [1.54, 1.807) is 6.07 Å². The number of hydrazone groups is 1. The van der Waals surface area contributed by atoms with E-state index in [1.165, 1.54) is 31.4 Å². The first kappa shape index (κ1) is 37.5. The number of ether oxygens (including phenoxy) is 3. The maximum absolute atomic E-state index is 17.3.